The van der Waals surface area contributed by atoms with Gasteiger partial charge in [0.05, 0.1) is 6.54 Å². The van der Waals surface area contributed by atoms with E-state index in [0.29, 0.717) is 12.5 Å². The van der Waals surface area contributed by atoms with Crippen LogP contribution in [0.4, 0.5) is 4.39 Å². The van der Waals surface area contributed by atoms with Gasteiger partial charge in [0.15, 0.2) is 0 Å². The van der Waals surface area contributed by atoms with E-state index in [1.807, 2.05) is 12.1 Å². The summed E-state index contributed by atoms with van der Waals surface area (Å²) in [5, 5.41) is 0. The lowest BCUT2D eigenvalue weighted by Crippen LogP contribution is -2.50. The minimum Gasteiger partial charge on any atom is -0.342 e. The normalized spacial score (nSPS) is 20.1. The zero-order valence-corrected chi connectivity index (χ0v) is 16.4. The number of likely N-dealkylation sites (tertiary alicyclic amines) is 1. The number of hydrogen-bond acceptors (Lipinski definition) is 4. The first-order chi connectivity index (χ1) is 12.7. The number of benzene rings is 1. The highest BCUT2D eigenvalue weighted by molar-refractivity contribution is 7.99. The summed E-state index contributed by atoms with van der Waals surface area (Å²) in [7, 11) is 0. The van der Waals surface area contributed by atoms with Gasteiger partial charge in [0.1, 0.15) is 5.82 Å². The minimum atomic E-state index is -0.130. The van der Waals surface area contributed by atoms with Crippen LogP contribution in [-0.2, 0) is 4.79 Å². The molecular formula is C20H30FN3OS. The predicted octanol–water partition coefficient (Wildman–Crippen LogP) is 2.94. The van der Waals surface area contributed by atoms with Crippen LogP contribution in [0.1, 0.15) is 25.7 Å². The smallest absolute Gasteiger partial charge is 0.236 e. The van der Waals surface area contributed by atoms with Gasteiger partial charge in [-0.3, -0.25) is 14.6 Å². The fourth-order valence-electron chi connectivity index (χ4n) is 3.63. The van der Waals surface area contributed by atoms with Crippen LogP contribution in [0.5, 0.6) is 0 Å². The molecule has 2 saturated heterocycles. The third-order valence-electron chi connectivity index (χ3n) is 5.28. The molecule has 0 aromatic heterocycles. The number of amides is 1. The topological polar surface area (TPSA) is 26.8 Å². The van der Waals surface area contributed by atoms with Gasteiger partial charge in [-0.25, -0.2) is 4.39 Å². The maximum atomic E-state index is 13.6. The summed E-state index contributed by atoms with van der Waals surface area (Å²) >= 11 is 1.58. The monoisotopic (exact) mass is 379 g/mol. The highest BCUT2D eigenvalue weighted by Crippen LogP contribution is 2.21. The lowest BCUT2D eigenvalue weighted by atomic mass is 10.2. The molecule has 0 N–H and O–H groups in total. The van der Waals surface area contributed by atoms with Crippen molar-refractivity contribution in [2.45, 2.75) is 30.6 Å². The SMILES string of the molecule is O=C(CN1CCN(CCSc2ccccc2F)CC1)N1CCCCCC1. The molecular weight excluding hydrogens is 349 g/mol. The van der Waals surface area contributed by atoms with Gasteiger partial charge < -0.3 is 4.90 Å². The summed E-state index contributed by atoms with van der Waals surface area (Å²) in [6.07, 6.45) is 4.82. The third-order valence-corrected chi connectivity index (χ3v) is 6.31. The standard InChI is InChI=1S/C20H30FN3OS/c21-18-7-3-4-8-19(18)26-16-15-22-11-13-23(14-12-22)17-20(25)24-9-5-1-2-6-10-24/h3-4,7-8H,1-2,5-6,9-17H2. The lowest BCUT2D eigenvalue weighted by Gasteiger charge is -2.35. The van der Waals surface area contributed by atoms with Crippen molar-refractivity contribution in [2.24, 2.45) is 0 Å². The summed E-state index contributed by atoms with van der Waals surface area (Å²) in [5.74, 6) is 1.07. The van der Waals surface area contributed by atoms with E-state index in [4.69, 9.17) is 0 Å². The molecule has 144 valence electrons. The van der Waals surface area contributed by atoms with Crippen molar-refractivity contribution >= 4 is 17.7 Å². The zero-order chi connectivity index (χ0) is 18.2. The fraction of sp³-hybridized carbons (Fsp3) is 0.650. The second-order valence-corrected chi connectivity index (χ2v) is 8.33. The summed E-state index contributed by atoms with van der Waals surface area (Å²) in [5.41, 5.74) is 0. The Morgan fingerprint density at radius 1 is 0.923 bits per heavy atom. The van der Waals surface area contributed by atoms with Crippen LogP contribution < -0.4 is 0 Å². The van der Waals surface area contributed by atoms with Gasteiger partial charge >= 0.3 is 0 Å². The van der Waals surface area contributed by atoms with Crippen molar-refractivity contribution in [3.8, 4) is 0 Å². The van der Waals surface area contributed by atoms with Crippen molar-refractivity contribution in [3.63, 3.8) is 0 Å². The molecule has 2 aliphatic rings. The van der Waals surface area contributed by atoms with Crippen LogP contribution in [0.15, 0.2) is 29.2 Å². The van der Waals surface area contributed by atoms with Gasteiger partial charge in [-0.05, 0) is 25.0 Å². The number of halogens is 1. The number of nitrogens with zero attached hydrogens (tertiary/aromatic N) is 3. The molecule has 1 amide bonds. The molecule has 6 heteroatoms. The highest BCUT2D eigenvalue weighted by Gasteiger charge is 2.22. The fourth-order valence-corrected chi connectivity index (χ4v) is 4.58. The van der Waals surface area contributed by atoms with Gasteiger partial charge in [-0.2, -0.15) is 0 Å². The van der Waals surface area contributed by atoms with Gasteiger partial charge in [-0.15, -0.1) is 11.8 Å². The van der Waals surface area contributed by atoms with E-state index < -0.39 is 0 Å². The number of carbonyl (C=O) groups is 1. The van der Waals surface area contributed by atoms with E-state index in [0.717, 1.165) is 69.3 Å². The van der Waals surface area contributed by atoms with Crippen molar-refractivity contribution in [1.29, 1.82) is 0 Å². The average Bonchev–Trinajstić information content (AvgIpc) is 2.94. The molecule has 0 unspecified atom stereocenters. The van der Waals surface area contributed by atoms with Gasteiger partial charge in [0.25, 0.3) is 0 Å². The van der Waals surface area contributed by atoms with Crippen LogP contribution >= 0.6 is 11.8 Å². The van der Waals surface area contributed by atoms with E-state index >= 15 is 0 Å². The molecule has 2 aliphatic heterocycles. The molecule has 2 heterocycles. The van der Waals surface area contributed by atoms with Gasteiger partial charge in [-0.1, -0.05) is 25.0 Å². The number of hydrogen-bond donors (Lipinski definition) is 0. The molecule has 0 bridgehead atoms. The average molecular weight is 380 g/mol. The van der Waals surface area contributed by atoms with E-state index in [9.17, 15) is 9.18 Å². The Balaban J connectivity index is 1.33. The van der Waals surface area contributed by atoms with E-state index in [1.165, 1.54) is 18.9 Å². The quantitative estimate of drug-likeness (QED) is 0.710. The van der Waals surface area contributed by atoms with Crippen molar-refractivity contribution in [1.82, 2.24) is 14.7 Å². The number of carbonyl (C=O) groups excluding carboxylic acids is 1. The summed E-state index contributed by atoms with van der Waals surface area (Å²) in [6, 6.07) is 6.96. The molecule has 1 aromatic carbocycles. The largest absolute Gasteiger partial charge is 0.342 e. The van der Waals surface area contributed by atoms with E-state index in [2.05, 4.69) is 14.7 Å². The van der Waals surface area contributed by atoms with Crippen LogP contribution in [-0.4, -0.2) is 78.7 Å². The number of piperazine rings is 1. The van der Waals surface area contributed by atoms with Gasteiger partial charge in [0.2, 0.25) is 5.91 Å². The maximum absolute atomic E-state index is 13.6. The first kappa shape index (κ1) is 19.6. The molecule has 0 aliphatic carbocycles. The summed E-state index contributed by atoms with van der Waals surface area (Å²) < 4.78 is 13.6. The van der Waals surface area contributed by atoms with Crippen molar-refractivity contribution in [2.75, 3.05) is 58.1 Å². The van der Waals surface area contributed by atoms with Crippen molar-refractivity contribution < 1.29 is 9.18 Å². The molecule has 2 fully saturated rings. The molecule has 3 rings (SSSR count). The highest BCUT2D eigenvalue weighted by atomic mass is 32.2. The summed E-state index contributed by atoms with van der Waals surface area (Å²) in [4.78, 5) is 20.0. The Hall–Kier alpha value is -1.11. The van der Waals surface area contributed by atoms with E-state index in [-0.39, 0.29) is 5.82 Å². The Bertz CT molecular complexity index is 570. The minimum absolute atomic E-state index is 0.130. The van der Waals surface area contributed by atoms with E-state index in [1.54, 1.807) is 17.8 Å². The Kier molecular flexibility index (Phi) is 7.77. The molecule has 0 saturated carbocycles. The van der Waals surface area contributed by atoms with Crippen LogP contribution in [0.3, 0.4) is 0 Å². The third kappa shape index (κ3) is 5.96. The first-order valence-corrected chi connectivity index (χ1v) is 10.8. The van der Waals surface area contributed by atoms with Gasteiger partial charge in [0, 0.05) is 56.5 Å². The molecule has 0 spiro atoms. The Labute approximate surface area is 160 Å². The Morgan fingerprint density at radius 2 is 1.58 bits per heavy atom. The molecule has 0 radical (unpaired) electrons. The molecule has 1 aromatic rings. The van der Waals surface area contributed by atoms with Crippen LogP contribution in [0.25, 0.3) is 0 Å². The number of thioether (sulfide) groups is 1. The second kappa shape index (κ2) is 10.3. The molecule has 26 heavy (non-hydrogen) atoms. The second-order valence-electron chi connectivity index (χ2n) is 7.19. The number of rotatable bonds is 6. The summed E-state index contributed by atoms with van der Waals surface area (Å²) in [6.45, 7) is 7.28. The van der Waals surface area contributed by atoms with Crippen LogP contribution in [0.2, 0.25) is 0 Å². The predicted molar refractivity (Wildman–Crippen MR) is 105 cm³/mol. The zero-order valence-electron chi connectivity index (χ0n) is 15.5. The lowest BCUT2D eigenvalue weighted by molar-refractivity contribution is -0.132. The molecule has 0 atom stereocenters. The molecule has 4 nitrogen and oxygen atoms in total. The van der Waals surface area contributed by atoms with Crippen LogP contribution in [0, 0.1) is 5.82 Å². The maximum Gasteiger partial charge on any atom is 0.236 e. The van der Waals surface area contributed by atoms with Crippen molar-refractivity contribution in [3.05, 3.63) is 30.1 Å². The first-order valence-electron chi connectivity index (χ1n) is 9.82. The Morgan fingerprint density at radius 3 is 2.27 bits per heavy atom.